The molecule has 0 aliphatic carbocycles. The number of amides is 3. The number of halogens is 2. The molecule has 2 saturated heterocycles. The van der Waals surface area contributed by atoms with E-state index in [0.29, 0.717) is 98.8 Å². The lowest BCUT2D eigenvalue weighted by Crippen LogP contribution is -2.61. The number of nitrogens with zero attached hydrogens (tertiary/aromatic N) is 7. The van der Waals surface area contributed by atoms with Gasteiger partial charge in [-0.3, -0.25) is 19.6 Å². The van der Waals surface area contributed by atoms with Crippen LogP contribution in [0.1, 0.15) is 64.1 Å². The number of aliphatic imine (C=N–C) groups is 1. The first kappa shape index (κ1) is 37.0. The van der Waals surface area contributed by atoms with E-state index in [1.165, 1.54) is 0 Å². The van der Waals surface area contributed by atoms with Gasteiger partial charge in [0.2, 0.25) is 11.8 Å². The zero-order chi connectivity index (χ0) is 36.6. The number of carbonyl (C=O) groups excluding carboxylic acids is 2. The van der Waals surface area contributed by atoms with E-state index in [4.69, 9.17) is 47.6 Å². The van der Waals surface area contributed by atoms with Crippen LogP contribution in [0.4, 0.5) is 4.79 Å². The number of carbonyl (C=O) groups is 2. The molecule has 2 unspecified atom stereocenters. The topological polar surface area (TPSA) is 104 Å². The van der Waals surface area contributed by atoms with Gasteiger partial charge < -0.3 is 19.3 Å². The Hall–Kier alpha value is -3.77. The maximum absolute atomic E-state index is 15.2. The van der Waals surface area contributed by atoms with Crippen molar-refractivity contribution in [1.82, 2.24) is 29.6 Å². The fourth-order valence-corrected chi connectivity index (χ4v) is 7.29. The van der Waals surface area contributed by atoms with Gasteiger partial charge in [-0.15, -0.1) is 0 Å². The average Bonchev–Trinajstić information content (AvgIpc) is 3.36. The summed E-state index contributed by atoms with van der Waals surface area (Å²) in [6, 6.07) is 15.0. The van der Waals surface area contributed by atoms with Gasteiger partial charge in [-0.2, -0.15) is 4.98 Å². The molecular formula is C38H47Cl2N7O4. The number of aromatic nitrogens is 2. The second-order valence-electron chi connectivity index (χ2n) is 14.6. The summed E-state index contributed by atoms with van der Waals surface area (Å²) in [6.07, 6.45) is 1.72. The van der Waals surface area contributed by atoms with Crippen molar-refractivity contribution in [3.63, 3.8) is 0 Å². The molecule has 272 valence electrons. The van der Waals surface area contributed by atoms with E-state index in [1.54, 1.807) is 11.1 Å². The molecule has 1 aromatic heterocycles. The van der Waals surface area contributed by atoms with Crippen LogP contribution in [0.3, 0.4) is 0 Å². The van der Waals surface area contributed by atoms with Crippen molar-refractivity contribution < 1.29 is 19.1 Å². The molecule has 0 N–H and O–H groups in total. The van der Waals surface area contributed by atoms with E-state index in [-0.39, 0.29) is 17.4 Å². The van der Waals surface area contributed by atoms with Crippen LogP contribution in [-0.2, 0) is 26.0 Å². The van der Waals surface area contributed by atoms with Crippen molar-refractivity contribution in [2.24, 2.45) is 4.99 Å². The van der Waals surface area contributed by atoms with Crippen molar-refractivity contribution in [2.45, 2.75) is 58.0 Å². The van der Waals surface area contributed by atoms with Crippen LogP contribution in [0, 0.1) is 0 Å². The second kappa shape index (κ2) is 14.7. The zero-order valence-electron chi connectivity index (χ0n) is 30.3. The lowest BCUT2D eigenvalue weighted by atomic mass is 9.71. The molecule has 4 heterocycles. The Morgan fingerprint density at radius 1 is 0.863 bits per heavy atom. The monoisotopic (exact) mass is 735 g/mol. The first-order valence-corrected chi connectivity index (χ1v) is 18.3. The molecule has 2 fully saturated rings. The van der Waals surface area contributed by atoms with E-state index in [1.807, 2.05) is 99.9 Å². The molecule has 3 amide bonds. The number of urea groups is 1. The number of benzene rings is 2. The molecule has 0 spiro atoms. The van der Waals surface area contributed by atoms with Gasteiger partial charge >= 0.3 is 6.03 Å². The van der Waals surface area contributed by atoms with Crippen molar-refractivity contribution in [3.8, 4) is 5.88 Å². The Labute approximate surface area is 310 Å². The molecule has 51 heavy (non-hydrogen) atoms. The Kier molecular flexibility index (Phi) is 10.7. The maximum Gasteiger partial charge on any atom is 0.326 e. The van der Waals surface area contributed by atoms with E-state index < -0.39 is 11.1 Å². The highest BCUT2D eigenvalue weighted by Gasteiger charge is 2.60. The summed E-state index contributed by atoms with van der Waals surface area (Å²) in [5, 5.41) is 1.18. The predicted octanol–water partition coefficient (Wildman–Crippen LogP) is 5.97. The Balaban J connectivity index is 1.44. The highest BCUT2D eigenvalue weighted by molar-refractivity contribution is 6.30. The summed E-state index contributed by atoms with van der Waals surface area (Å²) in [5.41, 5.74) is -0.172. The van der Waals surface area contributed by atoms with Crippen molar-refractivity contribution in [2.75, 3.05) is 65.6 Å². The number of morpholine rings is 1. The van der Waals surface area contributed by atoms with Gasteiger partial charge in [-0.1, -0.05) is 68.2 Å². The van der Waals surface area contributed by atoms with Gasteiger partial charge in [0.1, 0.15) is 22.7 Å². The Morgan fingerprint density at radius 3 is 2.02 bits per heavy atom. The number of amidine groups is 1. The smallest absolute Gasteiger partial charge is 0.326 e. The largest absolute Gasteiger partial charge is 0.477 e. The van der Waals surface area contributed by atoms with Crippen molar-refractivity contribution >= 4 is 41.0 Å². The molecule has 0 bridgehead atoms. The first-order valence-electron chi connectivity index (χ1n) is 17.6. The lowest BCUT2D eigenvalue weighted by Gasteiger charge is -2.47. The van der Waals surface area contributed by atoms with E-state index in [9.17, 15) is 4.79 Å². The fourth-order valence-electron chi connectivity index (χ4n) is 7.04. The number of rotatable bonds is 7. The average molecular weight is 737 g/mol. The standard InChI is InChI=1S/C38H47Cl2N7O4/c1-7-51-33-30(24-41-34(42-33)36(2,3)4)32-43-37(5,26-8-12-28(39)13-9-26)38(6,27-10-14-29(40)15-11-27)47(32)35(49)46-18-16-44(17-19-46)25-31(48)45-20-22-50-23-21-45/h8-15,24H,7,16-23,25H2,1-6H3. The van der Waals surface area contributed by atoms with Gasteiger partial charge in [0.05, 0.1) is 31.9 Å². The van der Waals surface area contributed by atoms with Gasteiger partial charge in [0, 0.05) is 60.9 Å². The van der Waals surface area contributed by atoms with E-state index >= 15 is 4.79 Å². The quantitative estimate of drug-likeness (QED) is 0.295. The van der Waals surface area contributed by atoms with Crippen LogP contribution in [0.25, 0.3) is 0 Å². The minimum atomic E-state index is -1.06. The van der Waals surface area contributed by atoms with Crippen molar-refractivity contribution in [3.05, 3.63) is 87.3 Å². The molecule has 6 rings (SSSR count). The summed E-state index contributed by atoms with van der Waals surface area (Å²) >= 11 is 12.8. The lowest BCUT2D eigenvalue weighted by molar-refractivity contribution is -0.136. The number of piperazine rings is 1. The Bertz CT molecular complexity index is 1770. The summed E-state index contributed by atoms with van der Waals surface area (Å²) in [5.74, 6) is 1.47. The second-order valence-corrected chi connectivity index (χ2v) is 15.4. The Morgan fingerprint density at radius 2 is 1.45 bits per heavy atom. The van der Waals surface area contributed by atoms with Crippen LogP contribution >= 0.6 is 23.2 Å². The van der Waals surface area contributed by atoms with Crippen LogP contribution in [0.15, 0.2) is 59.7 Å². The highest BCUT2D eigenvalue weighted by atomic mass is 35.5. The SMILES string of the molecule is CCOc1nc(C(C)(C)C)ncc1C1=NC(C)(c2ccc(Cl)cc2)C(C)(c2ccc(Cl)cc2)N1C(=O)N1CCN(CC(=O)N2CCOCC2)CC1. The van der Waals surface area contributed by atoms with Crippen LogP contribution in [-0.4, -0.2) is 113 Å². The third-order valence-electron chi connectivity index (χ3n) is 10.3. The maximum atomic E-state index is 15.2. The number of hydrogen-bond donors (Lipinski definition) is 0. The minimum absolute atomic E-state index is 0.0863. The molecule has 11 nitrogen and oxygen atoms in total. The highest BCUT2D eigenvalue weighted by Crippen LogP contribution is 2.54. The normalized spacial score (nSPS) is 23.0. The number of ether oxygens (including phenoxy) is 2. The summed E-state index contributed by atoms with van der Waals surface area (Å²) < 4.78 is 11.6. The fraction of sp³-hybridized carbons (Fsp3) is 0.500. The van der Waals surface area contributed by atoms with Crippen molar-refractivity contribution in [1.29, 1.82) is 0 Å². The van der Waals surface area contributed by atoms with Crippen LogP contribution in [0.5, 0.6) is 5.88 Å². The van der Waals surface area contributed by atoms with Gasteiger partial charge in [-0.25, -0.2) is 9.78 Å². The molecule has 2 atom stereocenters. The zero-order valence-corrected chi connectivity index (χ0v) is 31.8. The van der Waals surface area contributed by atoms with Crippen LogP contribution in [0.2, 0.25) is 10.0 Å². The molecule has 2 aromatic carbocycles. The third-order valence-corrected chi connectivity index (χ3v) is 10.8. The summed E-state index contributed by atoms with van der Waals surface area (Å²) in [6.45, 7) is 17.1. The minimum Gasteiger partial charge on any atom is -0.477 e. The van der Waals surface area contributed by atoms with Gasteiger partial charge in [-0.05, 0) is 56.2 Å². The molecule has 13 heteroatoms. The van der Waals surface area contributed by atoms with Crippen LogP contribution < -0.4 is 4.74 Å². The molecule has 3 aromatic rings. The molecule has 3 aliphatic rings. The molecule has 0 radical (unpaired) electrons. The molecular weight excluding hydrogens is 689 g/mol. The van der Waals surface area contributed by atoms with Gasteiger partial charge in [0.15, 0.2) is 0 Å². The van der Waals surface area contributed by atoms with E-state index in [2.05, 4.69) is 4.90 Å². The third kappa shape index (κ3) is 7.18. The molecule has 0 saturated carbocycles. The van der Waals surface area contributed by atoms with E-state index in [0.717, 1.165) is 11.1 Å². The number of hydrogen-bond acceptors (Lipinski definition) is 8. The molecule has 3 aliphatic heterocycles. The summed E-state index contributed by atoms with van der Waals surface area (Å²) in [4.78, 5) is 51.0. The first-order chi connectivity index (χ1) is 24.3. The predicted molar refractivity (Wildman–Crippen MR) is 199 cm³/mol. The summed E-state index contributed by atoms with van der Waals surface area (Å²) in [7, 11) is 0. The van der Waals surface area contributed by atoms with Gasteiger partial charge in [0.25, 0.3) is 0 Å².